The van der Waals surface area contributed by atoms with Gasteiger partial charge in [-0.05, 0) is 31.2 Å². The molecule has 0 spiro atoms. The van der Waals surface area contributed by atoms with Crippen molar-refractivity contribution in [2.24, 2.45) is 0 Å². The first-order valence-corrected chi connectivity index (χ1v) is 5.64. The Hall–Kier alpha value is -2.69. The summed E-state index contributed by atoms with van der Waals surface area (Å²) in [6.45, 7) is 1.47. The van der Waals surface area contributed by atoms with E-state index in [4.69, 9.17) is 5.11 Å². The Morgan fingerprint density at radius 1 is 1.21 bits per heavy atom. The fraction of sp³-hybridized carbons (Fsp3) is 0.0714. The quantitative estimate of drug-likeness (QED) is 0.822. The number of hydrogen-bond acceptors (Lipinski definition) is 4. The highest BCUT2D eigenvalue weighted by Gasteiger charge is 2.10. The number of aromatic carboxylic acids is 1. The van der Waals surface area contributed by atoms with Crippen LogP contribution in [0.25, 0.3) is 0 Å². The molecule has 5 nitrogen and oxygen atoms in total. The van der Waals surface area contributed by atoms with Gasteiger partial charge in [-0.15, -0.1) is 0 Å². The molecule has 0 fully saturated rings. The Kier molecular flexibility index (Phi) is 3.56. The van der Waals surface area contributed by atoms with Gasteiger partial charge in [0.25, 0.3) is 0 Å². The van der Waals surface area contributed by atoms with Crippen molar-refractivity contribution in [2.75, 3.05) is 5.32 Å². The van der Waals surface area contributed by atoms with Crippen molar-refractivity contribution in [3.05, 3.63) is 53.7 Å². The number of Topliss-reactive ketones (excluding diaryl/α,β-unsaturated/α-hetero) is 1. The largest absolute Gasteiger partial charge is 0.478 e. The summed E-state index contributed by atoms with van der Waals surface area (Å²) in [5.74, 6) is -0.864. The maximum absolute atomic E-state index is 11.3. The van der Waals surface area contributed by atoms with Gasteiger partial charge in [-0.25, -0.2) is 9.78 Å². The second-order valence-electron chi connectivity index (χ2n) is 3.97. The molecule has 0 aliphatic heterocycles. The average Bonchev–Trinajstić information content (AvgIpc) is 2.39. The van der Waals surface area contributed by atoms with E-state index in [-0.39, 0.29) is 17.2 Å². The number of rotatable bonds is 4. The van der Waals surface area contributed by atoms with Gasteiger partial charge in [-0.3, -0.25) is 4.79 Å². The summed E-state index contributed by atoms with van der Waals surface area (Å²) in [6, 6.07) is 9.84. The second-order valence-corrected chi connectivity index (χ2v) is 3.97. The van der Waals surface area contributed by atoms with Crippen molar-refractivity contribution in [1.29, 1.82) is 0 Å². The highest BCUT2D eigenvalue weighted by Crippen LogP contribution is 2.19. The highest BCUT2D eigenvalue weighted by molar-refractivity contribution is 5.96. The molecule has 1 aromatic heterocycles. The molecule has 1 aromatic carbocycles. The molecule has 0 atom stereocenters. The van der Waals surface area contributed by atoms with E-state index in [9.17, 15) is 9.59 Å². The van der Waals surface area contributed by atoms with Gasteiger partial charge in [0.15, 0.2) is 5.78 Å². The van der Waals surface area contributed by atoms with Gasteiger partial charge in [0.1, 0.15) is 11.4 Å². The van der Waals surface area contributed by atoms with Gasteiger partial charge in [0, 0.05) is 17.4 Å². The van der Waals surface area contributed by atoms with Gasteiger partial charge >= 0.3 is 5.97 Å². The molecular formula is C14H12N2O3. The third kappa shape index (κ3) is 2.95. The molecule has 96 valence electrons. The standard InChI is InChI=1S/C14H12N2O3/c1-9(17)10-4-2-5-11(8-10)16-13-12(14(18)19)6-3-7-15-13/h2-8H,1H3,(H,15,16)(H,18,19). The lowest BCUT2D eigenvalue weighted by molar-refractivity contribution is 0.0697. The molecule has 2 N–H and O–H groups in total. The maximum atomic E-state index is 11.3. The van der Waals surface area contributed by atoms with Gasteiger partial charge in [-0.2, -0.15) is 0 Å². The Morgan fingerprint density at radius 3 is 2.68 bits per heavy atom. The van der Waals surface area contributed by atoms with Crippen molar-refractivity contribution in [3.63, 3.8) is 0 Å². The van der Waals surface area contributed by atoms with Crippen LogP contribution >= 0.6 is 0 Å². The molecule has 1 heterocycles. The van der Waals surface area contributed by atoms with E-state index in [2.05, 4.69) is 10.3 Å². The second kappa shape index (κ2) is 5.30. The molecule has 0 bridgehead atoms. The van der Waals surface area contributed by atoms with Gasteiger partial charge in [-0.1, -0.05) is 12.1 Å². The van der Waals surface area contributed by atoms with E-state index < -0.39 is 5.97 Å². The number of pyridine rings is 1. The third-order valence-corrected chi connectivity index (χ3v) is 2.57. The fourth-order valence-electron chi connectivity index (χ4n) is 1.63. The number of anilines is 2. The lowest BCUT2D eigenvalue weighted by Crippen LogP contribution is -2.04. The van der Waals surface area contributed by atoms with E-state index in [1.165, 1.54) is 19.2 Å². The first kappa shape index (κ1) is 12.8. The third-order valence-electron chi connectivity index (χ3n) is 2.57. The summed E-state index contributed by atoms with van der Waals surface area (Å²) < 4.78 is 0. The van der Waals surface area contributed by atoms with E-state index in [0.717, 1.165) is 0 Å². The molecule has 2 aromatic rings. The van der Waals surface area contributed by atoms with Crippen LogP contribution in [0.2, 0.25) is 0 Å². The predicted molar refractivity (Wildman–Crippen MR) is 70.9 cm³/mol. The van der Waals surface area contributed by atoms with Crippen LogP contribution in [0, 0.1) is 0 Å². The summed E-state index contributed by atoms with van der Waals surface area (Å²) in [7, 11) is 0. The van der Waals surface area contributed by atoms with Gasteiger partial charge < -0.3 is 10.4 Å². The fourth-order valence-corrected chi connectivity index (χ4v) is 1.63. The first-order chi connectivity index (χ1) is 9.08. The number of carboxylic acid groups (broad SMARTS) is 1. The van der Waals surface area contributed by atoms with Crippen LogP contribution in [0.3, 0.4) is 0 Å². The maximum Gasteiger partial charge on any atom is 0.339 e. The minimum absolute atomic E-state index is 0.0527. The van der Waals surface area contributed by atoms with E-state index in [1.54, 1.807) is 30.3 Å². The lowest BCUT2D eigenvalue weighted by Gasteiger charge is -2.08. The Bertz CT molecular complexity index is 638. The van der Waals surface area contributed by atoms with Crippen LogP contribution in [0.5, 0.6) is 0 Å². The molecule has 0 saturated heterocycles. The number of nitrogens with one attached hydrogen (secondary N) is 1. The summed E-state index contributed by atoms with van der Waals surface area (Å²) in [5.41, 5.74) is 1.25. The minimum atomic E-state index is -1.06. The molecule has 0 unspecified atom stereocenters. The molecule has 0 radical (unpaired) electrons. The van der Waals surface area contributed by atoms with Crippen LogP contribution < -0.4 is 5.32 Å². The van der Waals surface area contributed by atoms with E-state index in [0.29, 0.717) is 11.3 Å². The SMILES string of the molecule is CC(=O)c1cccc(Nc2ncccc2C(=O)O)c1. The van der Waals surface area contributed by atoms with Crippen molar-refractivity contribution in [2.45, 2.75) is 6.92 Å². The summed E-state index contributed by atoms with van der Waals surface area (Å²) in [4.78, 5) is 26.3. The van der Waals surface area contributed by atoms with Crippen LogP contribution in [0.15, 0.2) is 42.6 Å². The molecular weight excluding hydrogens is 244 g/mol. The van der Waals surface area contributed by atoms with Crippen LogP contribution in [0.4, 0.5) is 11.5 Å². The van der Waals surface area contributed by atoms with Crippen molar-refractivity contribution in [3.8, 4) is 0 Å². The molecule has 0 aliphatic rings. The number of carbonyl (C=O) groups is 2. The number of benzene rings is 1. The first-order valence-electron chi connectivity index (χ1n) is 5.64. The van der Waals surface area contributed by atoms with Gasteiger partial charge in [0.05, 0.1) is 0 Å². The predicted octanol–water partition coefficient (Wildman–Crippen LogP) is 2.73. The van der Waals surface area contributed by atoms with Crippen molar-refractivity contribution >= 4 is 23.3 Å². The van der Waals surface area contributed by atoms with Crippen LogP contribution in [0.1, 0.15) is 27.6 Å². The number of carboxylic acids is 1. The number of ketones is 1. The summed E-state index contributed by atoms with van der Waals surface area (Å²) in [5, 5.41) is 12.0. The topological polar surface area (TPSA) is 79.3 Å². The number of hydrogen-bond donors (Lipinski definition) is 2. The Morgan fingerprint density at radius 2 is 2.00 bits per heavy atom. The summed E-state index contributed by atoms with van der Waals surface area (Å²) >= 11 is 0. The molecule has 5 heteroatoms. The van der Waals surface area contributed by atoms with E-state index in [1.807, 2.05) is 0 Å². The van der Waals surface area contributed by atoms with Crippen molar-refractivity contribution in [1.82, 2.24) is 4.98 Å². The number of aromatic nitrogens is 1. The average molecular weight is 256 g/mol. The zero-order valence-electron chi connectivity index (χ0n) is 10.3. The number of carbonyl (C=O) groups excluding carboxylic acids is 1. The normalized spacial score (nSPS) is 9.95. The lowest BCUT2D eigenvalue weighted by atomic mass is 10.1. The Balaban J connectivity index is 2.34. The Labute approximate surface area is 109 Å². The monoisotopic (exact) mass is 256 g/mol. The molecule has 2 rings (SSSR count). The molecule has 0 aliphatic carbocycles. The van der Waals surface area contributed by atoms with E-state index >= 15 is 0 Å². The molecule has 19 heavy (non-hydrogen) atoms. The minimum Gasteiger partial charge on any atom is -0.478 e. The smallest absolute Gasteiger partial charge is 0.339 e. The van der Waals surface area contributed by atoms with Gasteiger partial charge in [0.2, 0.25) is 0 Å². The highest BCUT2D eigenvalue weighted by atomic mass is 16.4. The summed E-state index contributed by atoms with van der Waals surface area (Å²) in [6.07, 6.45) is 1.50. The zero-order chi connectivity index (χ0) is 13.8. The number of nitrogens with zero attached hydrogens (tertiary/aromatic N) is 1. The molecule has 0 amide bonds. The van der Waals surface area contributed by atoms with Crippen LogP contribution in [-0.2, 0) is 0 Å². The zero-order valence-corrected chi connectivity index (χ0v) is 10.3. The van der Waals surface area contributed by atoms with Crippen molar-refractivity contribution < 1.29 is 14.7 Å². The molecule has 0 saturated carbocycles. The van der Waals surface area contributed by atoms with Crippen LogP contribution in [-0.4, -0.2) is 21.8 Å².